The van der Waals surface area contributed by atoms with Gasteiger partial charge in [-0.1, -0.05) is 110 Å². The molecule has 0 radical (unpaired) electrons. The third kappa shape index (κ3) is 6.06. The zero-order chi connectivity index (χ0) is 24.6. The molecular weight excluding hydrogens is 430 g/mol. The van der Waals surface area contributed by atoms with Crippen LogP contribution in [0.4, 0.5) is 0 Å². The molecule has 4 aromatic carbocycles. The maximum absolute atomic E-state index is 12.1. The topological polar surface area (TPSA) is 40.5 Å². The van der Waals surface area contributed by atoms with E-state index < -0.39 is 5.97 Å². The zero-order valence-corrected chi connectivity index (χ0v) is 20.5. The van der Waals surface area contributed by atoms with Gasteiger partial charge in [-0.15, -0.1) is 0 Å². The average molecular weight is 464 g/mol. The van der Waals surface area contributed by atoms with Gasteiger partial charge in [0.15, 0.2) is 0 Å². The van der Waals surface area contributed by atoms with Crippen LogP contribution in [-0.2, 0) is 17.8 Å². The van der Waals surface area contributed by atoms with Crippen LogP contribution in [0.1, 0.15) is 54.6 Å². The SMILES string of the molecule is CCc1ccccc1-c1cccc(C(CC(=O)O)N(Cc2ccccc2)[C@H](C)c2ccccc2)c1. The minimum Gasteiger partial charge on any atom is -0.481 e. The first-order chi connectivity index (χ1) is 17.1. The summed E-state index contributed by atoms with van der Waals surface area (Å²) in [7, 11) is 0. The molecule has 35 heavy (non-hydrogen) atoms. The number of hydrogen-bond donors (Lipinski definition) is 1. The lowest BCUT2D eigenvalue weighted by molar-refractivity contribution is -0.138. The second kappa shape index (κ2) is 11.6. The van der Waals surface area contributed by atoms with Crippen molar-refractivity contribution in [3.8, 4) is 11.1 Å². The van der Waals surface area contributed by atoms with Crippen molar-refractivity contribution in [2.24, 2.45) is 0 Å². The third-order valence-electron chi connectivity index (χ3n) is 6.74. The Morgan fingerprint density at radius 1 is 0.800 bits per heavy atom. The van der Waals surface area contributed by atoms with Gasteiger partial charge in [-0.05, 0) is 52.8 Å². The van der Waals surface area contributed by atoms with Crippen molar-refractivity contribution in [3.63, 3.8) is 0 Å². The molecule has 4 aromatic rings. The standard InChI is InChI=1S/C32H33NO2/c1-3-26-15-10-11-20-30(26)28-18-12-19-29(21-28)31(22-32(34)35)33(23-25-13-6-4-7-14-25)24(2)27-16-8-5-9-17-27/h4-21,24,31H,3,22-23H2,1-2H3,(H,34,35)/t24-,31?/m1/s1. The van der Waals surface area contributed by atoms with Gasteiger partial charge in [0.05, 0.1) is 6.42 Å². The molecule has 0 heterocycles. The van der Waals surface area contributed by atoms with E-state index in [1.165, 1.54) is 16.7 Å². The van der Waals surface area contributed by atoms with Crippen molar-refractivity contribution in [2.75, 3.05) is 0 Å². The molecule has 0 aliphatic rings. The molecule has 0 aliphatic heterocycles. The summed E-state index contributed by atoms with van der Waals surface area (Å²) >= 11 is 0. The molecule has 4 rings (SSSR count). The lowest BCUT2D eigenvalue weighted by Crippen LogP contribution is -2.32. The molecule has 1 unspecified atom stereocenters. The zero-order valence-electron chi connectivity index (χ0n) is 20.5. The van der Waals surface area contributed by atoms with E-state index in [9.17, 15) is 9.90 Å². The monoisotopic (exact) mass is 463 g/mol. The number of carbonyl (C=O) groups is 1. The molecule has 3 heteroatoms. The minimum atomic E-state index is -0.798. The van der Waals surface area contributed by atoms with Gasteiger partial charge in [-0.3, -0.25) is 9.69 Å². The van der Waals surface area contributed by atoms with Crippen LogP contribution in [0.5, 0.6) is 0 Å². The van der Waals surface area contributed by atoms with Crippen LogP contribution in [0.3, 0.4) is 0 Å². The van der Waals surface area contributed by atoms with Gasteiger partial charge >= 0.3 is 5.97 Å². The number of carboxylic acid groups (broad SMARTS) is 1. The van der Waals surface area contributed by atoms with Gasteiger partial charge in [0.25, 0.3) is 0 Å². The van der Waals surface area contributed by atoms with Crippen LogP contribution in [0.25, 0.3) is 11.1 Å². The van der Waals surface area contributed by atoms with E-state index in [0.717, 1.165) is 23.1 Å². The van der Waals surface area contributed by atoms with Crippen LogP contribution < -0.4 is 0 Å². The van der Waals surface area contributed by atoms with Crippen molar-refractivity contribution in [1.82, 2.24) is 4.90 Å². The predicted octanol–water partition coefficient (Wildman–Crippen LogP) is 7.70. The summed E-state index contributed by atoms with van der Waals surface area (Å²) in [5, 5.41) is 9.95. The molecule has 0 saturated heterocycles. The van der Waals surface area contributed by atoms with E-state index in [0.29, 0.717) is 6.54 Å². The Morgan fingerprint density at radius 2 is 1.43 bits per heavy atom. The number of nitrogens with zero attached hydrogens (tertiary/aromatic N) is 1. The number of aryl methyl sites for hydroxylation is 1. The van der Waals surface area contributed by atoms with Crippen molar-refractivity contribution in [3.05, 3.63) is 131 Å². The fourth-order valence-electron chi connectivity index (χ4n) is 4.85. The molecule has 0 fully saturated rings. The highest BCUT2D eigenvalue weighted by Crippen LogP contribution is 2.36. The normalized spacial score (nSPS) is 12.9. The van der Waals surface area contributed by atoms with E-state index in [-0.39, 0.29) is 18.5 Å². The lowest BCUT2D eigenvalue weighted by atomic mass is 9.92. The Kier molecular flexibility index (Phi) is 8.12. The third-order valence-corrected chi connectivity index (χ3v) is 6.74. The number of aliphatic carboxylic acids is 1. The molecule has 1 N–H and O–H groups in total. The van der Waals surface area contributed by atoms with E-state index >= 15 is 0 Å². The highest BCUT2D eigenvalue weighted by atomic mass is 16.4. The van der Waals surface area contributed by atoms with Crippen molar-refractivity contribution < 1.29 is 9.90 Å². The predicted molar refractivity (Wildman–Crippen MR) is 143 cm³/mol. The van der Waals surface area contributed by atoms with Crippen LogP contribution in [-0.4, -0.2) is 16.0 Å². The maximum Gasteiger partial charge on any atom is 0.305 e. The molecule has 3 nitrogen and oxygen atoms in total. The molecular formula is C32H33NO2. The lowest BCUT2D eigenvalue weighted by Gasteiger charge is -2.37. The molecule has 0 amide bonds. The molecule has 2 atom stereocenters. The van der Waals surface area contributed by atoms with Gasteiger partial charge in [-0.25, -0.2) is 0 Å². The van der Waals surface area contributed by atoms with Gasteiger partial charge < -0.3 is 5.11 Å². The molecule has 0 saturated carbocycles. The summed E-state index contributed by atoms with van der Waals surface area (Å²) in [5.41, 5.74) is 6.98. The van der Waals surface area contributed by atoms with E-state index in [1.54, 1.807) is 0 Å². The minimum absolute atomic E-state index is 0.0306. The van der Waals surface area contributed by atoms with Crippen LogP contribution in [0.15, 0.2) is 109 Å². The molecule has 0 spiro atoms. The van der Waals surface area contributed by atoms with E-state index in [4.69, 9.17) is 0 Å². The Morgan fingerprint density at radius 3 is 2.11 bits per heavy atom. The summed E-state index contributed by atoms with van der Waals surface area (Å²) < 4.78 is 0. The molecule has 178 valence electrons. The van der Waals surface area contributed by atoms with Gasteiger partial charge in [0.1, 0.15) is 0 Å². The molecule has 0 aliphatic carbocycles. The van der Waals surface area contributed by atoms with Crippen LogP contribution in [0.2, 0.25) is 0 Å². The maximum atomic E-state index is 12.1. The van der Waals surface area contributed by atoms with Crippen LogP contribution in [0, 0.1) is 0 Å². The Labute approximate surface area is 208 Å². The number of hydrogen-bond acceptors (Lipinski definition) is 2. The summed E-state index contributed by atoms with van der Waals surface area (Å²) in [6.07, 6.45) is 0.979. The fraction of sp³-hybridized carbons (Fsp3) is 0.219. The highest BCUT2D eigenvalue weighted by Gasteiger charge is 2.28. The Bertz CT molecular complexity index is 1240. The first-order valence-electron chi connectivity index (χ1n) is 12.3. The van der Waals surface area contributed by atoms with E-state index in [1.807, 2.05) is 36.4 Å². The first kappa shape index (κ1) is 24.4. The van der Waals surface area contributed by atoms with Gasteiger partial charge in [-0.2, -0.15) is 0 Å². The smallest absolute Gasteiger partial charge is 0.305 e. The highest BCUT2D eigenvalue weighted by molar-refractivity contribution is 5.70. The second-order valence-corrected chi connectivity index (χ2v) is 8.99. The largest absolute Gasteiger partial charge is 0.481 e. The van der Waals surface area contributed by atoms with Gasteiger partial charge in [0.2, 0.25) is 0 Å². The molecule has 0 bridgehead atoms. The van der Waals surface area contributed by atoms with Crippen molar-refractivity contribution >= 4 is 5.97 Å². The number of rotatable bonds is 10. The van der Waals surface area contributed by atoms with Crippen LogP contribution >= 0.6 is 0 Å². The Hall–Kier alpha value is -3.69. The van der Waals surface area contributed by atoms with Crippen molar-refractivity contribution in [1.29, 1.82) is 0 Å². The summed E-state index contributed by atoms with van der Waals surface area (Å²) in [6, 6.07) is 37.3. The second-order valence-electron chi connectivity index (χ2n) is 8.99. The quantitative estimate of drug-likeness (QED) is 0.262. The molecule has 0 aromatic heterocycles. The number of benzene rings is 4. The summed E-state index contributed by atoms with van der Waals surface area (Å²) in [4.78, 5) is 14.5. The number of carboxylic acids is 1. The van der Waals surface area contributed by atoms with Crippen molar-refractivity contribution in [2.45, 2.75) is 45.3 Å². The summed E-state index contributed by atoms with van der Waals surface area (Å²) in [6.45, 7) is 4.99. The average Bonchev–Trinajstić information content (AvgIpc) is 2.91. The first-order valence-corrected chi connectivity index (χ1v) is 12.3. The Balaban J connectivity index is 1.79. The van der Waals surface area contributed by atoms with E-state index in [2.05, 4.69) is 91.5 Å². The fourth-order valence-corrected chi connectivity index (χ4v) is 4.85. The summed E-state index contributed by atoms with van der Waals surface area (Å²) in [5.74, 6) is -0.798. The van der Waals surface area contributed by atoms with Gasteiger partial charge in [0, 0.05) is 18.6 Å².